The number of fused-ring (bicyclic) bond motifs is 5. The predicted molar refractivity (Wildman–Crippen MR) is 200 cm³/mol. The molecule has 1 saturated heterocycles. The van der Waals surface area contributed by atoms with E-state index in [1.807, 2.05) is 0 Å². The SMILES string of the molecule is Cc1ccc2cc(-c3c4ccccc4c(-c4ccc(-c5cccc(C6C=CC7CN76)c5)c5ccccc45)c4ccccc34)ccc2c1. The fourth-order valence-corrected chi connectivity index (χ4v) is 8.22. The molecule has 3 atom stereocenters. The lowest BCUT2D eigenvalue weighted by Crippen LogP contribution is -2.04. The summed E-state index contributed by atoms with van der Waals surface area (Å²) < 4.78 is 0. The van der Waals surface area contributed by atoms with Crippen molar-refractivity contribution in [3.8, 4) is 33.4 Å². The van der Waals surface area contributed by atoms with E-state index in [0.29, 0.717) is 12.1 Å². The molecule has 0 aliphatic carbocycles. The maximum Gasteiger partial charge on any atom is 0.0539 e. The summed E-state index contributed by atoms with van der Waals surface area (Å²) in [7, 11) is 0. The first-order valence-corrected chi connectivity index (χ1v) is 16.7. The molecule has 0 N–H and O–H groups in total. The van der Waals surface area contributed by atoms with E-state index < -0.39 is 0 Å². The van der Waals surface area contributed by atoms with Crippen molar-refractivity contribution in [2.75, 3.05) is 6.54 Å². The molecule has 8 aromatic carbocycles. The number of aryl methyl sites for hydroxylation is 1. The molecule has 0 spiro atoms. The molecule has 1 fully saturated rings. The molecule has 0 radical (unpaired) electrons. The summed E-state index contributed by atoms with van der Waals surface area (Å²) in [5, 5.41) is 10.3. The van der Waals surface area contributed by atoms with Gasteiger partial charge in [-0.25, -0.2) is 0 Å². The van der Waals surface area contributed by atoms with Gasteiger partial charge in [0.15, 0.2) is 0 Å². The van der Waals surface area contributed by atoms with E-state index in [1.165, 1.54) is 94.1 Å². The first-order valence-electron chi connectivity index (χ1n) is 16.7. The second-order valence-electron chi connectivity index (χ2n) is 13.3. The molecule has 2 heterocycles. The van der Waals surface area contributed by atoms with Crippen LogP contribution >= 0.6 is 0 Å². The molecular weight excluding hydrogens is 567 g/mol. The Bertz CT molecular complexity index is 2530. The average Bonchev–Trinajstić information content (AvgIpc) is 3.78. The second-order valence-corrected chi connectivity index (χ2v) is 13.3. The summed E-state index contributed by atoms with van der Waals surface area (Å²) in [6, 6.07) is 55.6. The van der Waals surface area contributed by atoms with Gasteiger partial charge >= 0.3 is 0 Å². The first kappa shape index (κ1) is 26.7. The third-order valence-corrected chi connectivity index (χ3v) is 10.5. The van der Waals surface area contributed by atoms with Gasteiger partial charge < -0.3 is 0 Å². The highest BCUT2D eigenvalue weighted by atomic mass is 15.3. The number of benzene rings is 8. The van der Waals surface area contributed by atoms with E-state index in [9.17, 15) is 0 Å². The van der Waals surface area contributed by atoms with Crippen LogP contribution in [0, 0.1) is 6.92 Å². The van der Waals surface area contributed by atoms with Gasteiger partial charge in [0, 0.05) is 12.6 Å². The van der Waals surface area contributed by atoms with Gasteiger partial charge in [-0.3, -0.25) is 4.90 Å². The molecule has 0 saturated carbocycles. The molecule has 0 aromatic heterocycles. The molecule has 2 aliphatic heterocycles. The number of rotatable bonds is 4. The Kier molecular flexibility index (Phi) is 5.82. The average molecular weight is 600 g/mol. The van der Waals surface area contributed by atoms with Crippen molar-refractivity contribution >= 4 is 43.1 Å². The Morgan fingerprint density at radius 1 is 0.468 bits per heavy atom. The van der Waals surface area contributed by atoms with Crippen molar-refractivity contribution in [2.45, 2.75) is 19.0 Å². The topological polar surface area (TPSA) is 3.01 Å². The molecular formula is C46H33N. The summed E-state index contributed by atoms with van der Waals surface area (Å²) in [5.74, 6) is 0. The van der Waals surface area contributed by atoms with Gasteiger partial charge in [0.05, 0.1) is 6.04 Å². The first-order chi connectivity index (χ1) is 23.2. The van der Waals surface area contributed by atoms with Crippen LogP contribution in [0.25, 0.3) is 76.5 Å². The van der Waals surface area contributed by atoms with E-state index in [2.05, 4.69) is 170 Å². The molecule has 0 amide bonds. The second kappa shape index (κ2) is 10.3. The Morgan fingerprint density at radius 2 is 1.09 bits per heavy atom. The van der Waals surface area contributed by atoms with Crippen molar-refractivity contribution in [3.63, 3.8) is 0 Å². The van der Waals surface area contributed by atoms with E-state index in [0.717, 1.165) is 0 Å². The predicted octanol–water partition coefficient (Wildman–Crippen LogP) is 11.9. The largest absolute Gasteiger partial charge is 0.283 e. The van der Waals surface area contributed by atoms with E-state index in [1.54, 1.807) is 0 Å². The van der Waals surface area contributed by atoms with E-state index >= 15 is 0 Å². The summed E-state index contributed by atoms with van der Waals surface area (Å²) in [4.78, 5) is 2.55. The van der Waals surface area contributed by atoms with Crippen LogP contribution in [0.3, 0.4) is 0 Å². The highest BCUT2D eigenvalue weighted by Gasteiger charge is 2.41. The summed E-state index contributed by atoms with van der Waals surface area (Å²) >= 11 is 0. The standard InChI is InChI=1S/C46H33N/c1-29-17-18-31-26-34(20-19-30(31)25-29)45-39-13-4-6-15-41(39)46(42-16-7-5-14-40(42)45)43-23-22-36(37-11-2-3-12-38(37)43)32-9-8-10-33(27-32)44-24-21-35-28-47(35)44/h2-27,35,44H,28H2,1H3. The van der Waals surface area contributed by atoms with Crippen LogP contribution in [0.4, 0.5) is 0 Å². The van der Waals surface area contributed by atoms with Crippen LogP contribution in [-0.2, 0) is 0 Å². The van der Waals surface area contributed by atoms with Gasteiger partial charge in [0.25, 0.3) is 0 Å². The fraction of sp³-hybridized carbons (Fsp3) is 0.0870. The maximum absolute atomic E-state index is 2.55. The lowest BCUT2D eigenvalue weighted by molar-refractivity contribution is 0.486. The quantitative estimate of drug-likeness (QED) is 0.110. The lowest BCUT2D eigenvalue weighted by Gasteiger charge is -2.20. The van der Waals surface area contributed by atoms with Crippen molar-refractivity contribution < 1.29 is 0 Å². The maximum atomic E-state index is 2.55. The summed E-state index contributed by atoms with van der Waals surface area (Å²) in [5.41, 5.74) is 10.4. The molecule has 1 heteroatoms. The minimum atomic E-state index is 0.397. The third kappa shape index (κ3) is 4.20. The van der Waals surface area contributed by atoms with Gasteiger partial charge in [0.2, 0.25) is 0 Å². The molecule has 222 valence electrons. The van der Waals surface area contributed by atoms with Gasteiger partial charge in [-0.1, -0.05) is 151 Å². The lowest BCUT2D eigenvalue weighted by atomic mass is 9.83. The zero-order valence-corrected chi connectivity index (χ0v) is 26.3. The number of hydrogen-bond acceptors (Lipinski definition) is 1. The molecule has 47 heavy (non-hydrogen) atoms. The van der Waals surface area contributed by atoms with Crippen LogP contribution in [0.5, 0.6) is 0 Å². The minimum Gasteiger partial charge on any atom is -0.283 e. The van der Waals surface area contributed by atoms with Gasteiger partial charge in [-0.15, -0.1) is 0 Å². The normalized spacial score (nSPS) is 18.4. The highest BCUT2D eigenvalue weighted by molar-refractivity contribution is 6.24. The summed E-state index contributed by atoms with van der Waals surface area (Å²) in [6.07, 6.45) is 4.73. The van der Waals surface area contributed by atoms with Crippen LogP contribution in [0.2, 0.25) is 0 Å². The van der Waals surface area contributed by atoms with E-state index in [4.69, 9.17) is 0 Å². The van der Waals surface area contributed by atoms with Crippen LogP contribution in [-0.4, -0.2) is 17.5 Å². The van der Waals surface area contributed by atoms with Crippen molar-refractivity contribution in [3.05, 3.63) is 169 Å². The molecule has 8 aromatic rings. The molecule has 10 rings (SSSR count). The van der Waals surface area contributed by atoms with Gasteiger partial charge in [-0.2, -0.15) is 0 Å². The Hall–Kier alpha value is -5.50. The van der Waals surface area contributed by atoms with Crippen molar-refractivity contribution in [1.82, 2.24) is 4.90 Å². The number of hydrogen-bond donors (Lipinski definition) is 0. The van der Waals surface area contributed by atoms with Crippen LogP contribution < -0.4 is 0 Å². The Labute approximate surface area is 275 Å². The Morgan fingerprint density at radius 3 is 1.77 bits per heavy atom. The fourth-order valence-electron chi connectivity index (χ4n) is 8.22. The zero-order chi connectivity index (χ0) is 31.1. The van der Waals surface area contributed by atoms with Crippen molar-refractivity contribution in [1.29, 1.82) is 0 Å². The number of nitrogens with zero attached hydrogens (tertiary/aromatic N) is 1. The minimum absolute atomic E-state index is 0.397. The Balaban J connectivity index is 1.21. The molecule has 3 unspecified atom stereocenters. The van der Waals surface area contributed by atoms with Crippen LogP contribution in [0.15, 0.2) is 158 Å². The van der Waals surface area contributed by atoms with Crippen molar-refractivity contribution in [2.24, 2.45) is 0 Å². The zero-order valence-electron chi connectivity index (χ0n) is 26.3. The van der Waals surface area contributed by atoms with Gasteiger partial charge in [0.1, 0.15) is 0 Å². The third-order valence-electron chi connectivity index (χ3n) is 10.5. The smallest absolute Gasteiger partial charge is 0.0539 e. The van der Waals surface area contributed by atoms with Gasteiger partial charge in [-0.05, 0) is 101 Å². The summed E-state index contributed by atoms with van der Waals surface area (Å²) in [6.45, 7) is 3.35. The molecule has 1 nitrogen and oxygen atoms in total. The van der Waals surface area contributed by atoms with Crippen LogP contribution in [0.1, 0.15) is 17.2 Å². The highest BCUT2D eigenvalue weighted by Crippen LogP contribution is 2.47. The molecule has 2 aliphatic rings. The monoisotopic (exact) mass is 599 g/mol. The molecule has 0 bridgehead atoms. The van der Waals surface area contributed by atoms with E-state index in [-0.39, 0.29) is 0 Å².